The average molecular weight is 398 g/mol. The zero-order chi connectivity index (χ0) is 21.4. The second-order valence-electron chi connectivity index (χ2n) is 7.29. The third-order valence-corrected chi connectivity index (χ3v) is 4.36. The van der Waals surface area contributed by atoms with Crippen molar-refractivity contribution in [2.75, 3.05) is 0 Å². The van der Waals surface area contributed by atoms with Gasteiger partial charge in [-0.2, -0.15) is 0 Å². The molecule has 2 unspecified atom stereocenters. The van der Waals surface area contributed by atoms with Gasteiger partial charge in [0, 0.05) is 12.0 Å². The maximum Gasteiger partial charge on any atom is 0.326 e. The summed E-state index contributed by atoms with van der Waals surface area (Å²) >= 11 is 0. The molecule has 154 valence electrons. The molecule has 4 N–H and O–H groups in total. The number of amides is 2. The normalized spacial score (nSPS) is 12.8. The lowest BCUT2D eigenvalue weighted by molar-refractivity contribution is -0.142. The van der Waals surface area contributed by atoms with Crippen molar-refractivity contribution in [1.82, 2.24) is 10.6 Å². The topological polar surface area (TPSA) is 116 Å². The third kappa shape index (κ3) is 6.95. The number of phenolic OH excluding ortho intramolecular Hbond substituents is 1. The number of aliphatic carboxylic acids is 1. The van der Waals surface area contributed by atoms with Gasteiger partial charge in [0.2, 0.25) is 5.91 Å². The van der Waals surface area contributed by atoms with E-state index in [0.717, 1.165) is 0 Å². The summed E-state index contributed by atoms with van der Waals surface area (Å²) in [5.74, 6) is -1.96. The molecule has 0 aliphatic heterocycles. The predicted octanol–water partition coefficient (Wildman–Crippen LogP) is 2.35. The molecule has 7 heteroatoms. The number of carbonyl (C=O) groups is 3. The molecule has 29 heavy (non-hydrogen) atoms. The maximum atomic E-state index is 12.8. The van der Waals surface area contributed by atoms with E-state index in [2.05, 4.69) is 10.6 Å². The standard InChI is InChI=1S/C22H26N2O5/c1-14(2)12-19(22(28)29)24-21(27)18(13-15-8-10-17(25)11-9-15)23-20(26)16-6-4-3-5-7-16/h3-11,14,18-19,25H,12-13H2,1-2H3,(H,23,26)(H,24,27)(H,28,29). The van der Waals surface area contributed by atoms with Gasteiger partial charge in [0.15, 0.2) is 0 Å². The fourth-order valence-corrected chi connectivity index (χ4v) is 2.87. The molecule has 7 nitrogen and oxygen atoms in total. The van der Waals surface area contributed by atoms with Crippen LogP contribution in [0.2, 0.25) is 0 Å². The van der Waals surface area contributed by atoms with Gasteiger partial charge in [-0.1, -0.05) is 44.2 Å². The first-order chi connectivity index (χ1) is 13.8. The Morgan fingerprint density at radius 3 is 2.07 bits per heavy atom. The Bertz CT molecular complexity index is 834. The van der Waals surface area contributed by atoms with Crippen molar-refractivity contribution in [3.05, 3.63) is 65.7 Å². The molecule has 0 radical (unpaired) electrons. The van der Waals surface area contributed by atoms with E-state index in [1.165, 1.54) is 12.1 Å². The molecule has 0 heterocycles. The number of carboxylic acids is 1. The Labute approximate surface area is 169 Å². The minimum atomic E-state index is -1.12. The number of benzene rings is 2. The number of aromatic hydroxyl groups is 1. The Kier molecular flexibility index (Phi) is 7.77. The molecule has 0 aliphatic rings. The number of hydrogen-bond acceptors (Lipinski definition) is 4. The highest BCUT2D eigenvalue weighted by molar-refractivity contribution is 5.98. The molecule has 2 aromatic rings. The van der Waals surface area contributed by atoms with Gasteiger partial charge in [0.25, 0.3) is 5.91 Å². The second-order valence-corrected chi connectivity index (χ2v) is 7.29. The summed E-state index contributed by atoms with van der Waals surface area (Å²) in [6.07, 6.45) is 0.429. The first-order valence-electron chi connectivity index (χ1n) is 9.43. The molecule has 0 spiro atoms. The van der Waals surface area contributed by atoms with Crippen LogP contribution in [0.5, 0.6) is 5.75 Å². The van der Waals surface area contributed by atoms with Crippen molar-refractivity contribution in [3.8, 4) is 5.75 Å². The number of carboxylic acid groups (broad SMARTS) is 1. The van der Waals surface area contributed by atoms with Crippen molar-refractivity contribution in [1.29, 1.82) is 0 Å². The van der Waals surface area contributed by atoms with Gasteiger partial charge in [-0.3, -0.25) is 9.59 Å². The highest BCUT2D eigenvalue weighted by Gasteiger charge is 2.27. The molecule has 0 saturated carbocycles. The summed E-state index contributed by atoms with van der Waals surface area (Å²) < 4.78 is 0. The lowest BCUT2D eigenvalue weighted by Gasteiger charge is -2.22. The van der Waals surface area contributed by atoms with Crippen LogP contribution >= 0.6 is 0 Å². The predicted molar refractivity (Wildman–Crippen MR) is 109 cm³/mol. The van der Waals surface area contributed by atoms with Crippen LogP contribution in [0.1, 0.15) is 36.2 Å². The van der Waals surface area contributed by atoms with Crippen LogP contribution in [0.4, 0.5) is 0 Å². The molecular weight excluding hydrogens is 372 g/mol. The van der Waals surface area contributed by atoms with Crippen LogP contribution in [-0.4, -0.2) is 40.1 Å². The van der Waals surface area contributed by atoms with E-state index in [-0.39, 0.29) is 24.5 Å². The molecule has 0 fully saturated rings. The lowest BCUT2D eigenvalue weighted by atomic mass is 10.0. The highest BCUT2D eigenvalue weighted by atomic mass is 16.4. The Hall–Kier alpha value is -3.35. The number of phenols is 1. The maximum absolute atomic E-state index is 12.8. The van der Waals surface area contributed by atoms with Crippen LogP contribution in [0, 0.1) is 5.92 Å². The summed E-state index contributed by atoms with van der Waals surface area (Å²) in [6, 6.07) is 12.7. The number of hydrogen-bond donors (Lipinski definition) is 4. The molecule has 2 atom stereocenters. The van der Waals surface area contributed by atoms with Crippen molar-refractivity contribution >= 4 is 17.8 Å². The highest BCUT2D eigenvalue weighted by Crippen LogP contribution is 2.13. The van der Waals surface area contributed by atoms with E-state index in [4.69, 9.17) is 0 Å². The lowest BCUT2D eigenvalue weighted by Crippen LogP contribution is -2.52. The van der Waals surface area contributed by atoms with Crippen LogP contribution in [0.15, 0.2) is 54.6 Å². The van der Waals surface area contributed by atoms with Gasteiger partial charge in [0.1, 0.15) is 17.8 Å². The minimum absolute atomic E-state index is 0.0749. The summed E-state index contributed by atoms with van der Waals surface area (Å²) in [7, 11) is 0. The summed E-state index contributed by atoms with van der Waals surface area (Å²) in [4.78, 5) is 36.9. The minimum Gasteiger partial charge on any atom is -0.508 e. The first-order valence-corrected chi connectivity index (χ1v) is 9.43. The molecule has 0 bridgehead atoms. The van der Waals surface area contributed by atoms with Gasteiger partial charge in [-0.05, 0) is 42.2 Å². The summed E-state index contributed by atoms with van der Waals surface area (Å²) in [6.45, 7) is 3.74. The van der Waals surface area contributed by atoms with E-state index in [1.54, 1.807) is 42.5 Å². The fourth-order valence-electron chi connectivity index (χ4n) is 2.87. The molecule has 2 aromatic carbocycles. The number of rotatable bonds is 9. The van der Waals surface area contributed by atoms with Gasteiger partial charge in [0.05, 0.1) is 0 Å². The second kappa shape index (κ2) is 10.3. The van der Waals surface area contributed by atoms with E-state index < -0.39 is 29.9 Å². The number of nitrogens with one attached hydrogen (secondary N) is 2. The van der Waals surface area contributed by atoms with Gasteiger partial charge < -0.3 is 20.8 Å². The van der Waals surface area contributed by atoms with Gasteiger partial charge in [-0.25, -0.2) is 4.79 Å². The van der Waals surface area contributed by atoms with E-state index in [0.29, 0.717) is 11.1 Å². The summed E-state index contributed by atoms with van der Waals surface area (Å²) in [5.41, 5.74) is 1.11. The van der Waals surface area contributed by atoms with Crippen LogP contribution in [0.3, 0.4) is 0 Å². The zero-order valence-electron chi connectivity index (χ0n) is 16.5. The van der Waals surface area contributed by atoms with Crippen molar-refractivity contribution in [3.63, 3.8) is 0 Å². The van der Waals surface area contributed by atoms with Crippen molar-refractivity contribution in [2.24, 2.45) is 5.92 Å². The van der Waals surface area contributed by atoms with Crippen LogP contribution in [-0.2, 0) is 16.0 Å². The Morgan fingerprint density at radius 2 is 1.52 bits per heavy atom. The molecule has 0 saturated heterocycles. The molecular formula is C22H26N2O5. The molecule has 0 aromatic heterocycles. The monoisotopic (exact) mass is 398 g/mol. The molecule has 2 amide bonds. The van der Waals surface area contributed by atoms with Crippen molar-refractivity contribution in [2.45, 2.75) is 38.8 Å². The number of carbonyl (C=O) groups excluding carboxylic acids is 2. The SMILES string of the molecule is CC(C)CC(NC(=O)C(Cc1ccc(O)cc1)NC(=O)c1ccccc1)C(=O)O. The van der Waals surface area contributed by atoms with E-state index in [9.17, 15) is 24.6 Å². The molecule has 2 rings (SSSR count). The Morgan fingerprint density at radius 1 is 0.897 bits per heavy atom. The first kappa shape index (κ1) is 21.9. The smallest absolute Gasteiger partial charge is 0.326 e. The molecule has 0 aliphatic carbocycles. The van der Waals surface area contributed by atoms with Gasteiger partial charge >= 0.3 is 5.97 Å². The fraction of sp³-hybridized carbons (Fsp3) is 0.318. The van der Waals surface area contributed by atoms with Crippen molar-refractivity contribution < 1.29 is 24.6 Å². The average Bonchev–Trinajstić information content (AvgIpc) is 2.68. The van der Waals surface area contributed by atoms with Crippen LogP contribution < -0.4 is 10.6 Å². The quantitative estimate of drug-likeness (QED) is 0.517. The largest absolute Gasteiger partial charge is 0.508 e. The Balaban J connectivity index is 2.20. The van der Waals surface area contributed by atoms with Gasteiger partial charge in [-0.15, -0.1) is 0 Å². The third-order valence-electron chi connectivity index (χ3n) is 4.36. The zero-order valence-corrected chi connectivity index (χ0v) is 16.5. The van der Waals surface area contributed by atoms with Crippen LogP contribution in [0.25, 0.3) is 0 Å². The van der Waals surface area contributed by atoms with E-state index in [1.807, 2.05) is 13.8 Å². The van der Waals surface area contributed by atoms with E-state index >= 15 is 0 Å². The summed E-state index contributed by atoms with van der Waals surface area (Å²) in [5, 5.41) is 24.1.